The number of hydrogen-bond donors (Lipinski definition) is 1. The molecule has 0 aliphatic heterocycles. The molecule has 0 atom stereocenters. The van der Waals surface area contributed by atoms with Crippen LogP contribution >= 0.6 is 11.3 Å². The number of aromatic nitrogens is 2. The van der Waals surface area contributed by atoms with Gasteiger partial charge in [-0.25, -0.2) is 14.8 Å². The molecule has 0 fully saturated rings. The Morgan fingerprint density at radius 3 is 2.94 bits per heavy atom. The van der Waals surface area contributed by atoms with Crippen LogP contribution in [0.15, 0.2) is 6.33 Å². The molecule has 0 saturated carbocycles. The van der Waals surface area contributed by atoms with Gasteiger partial charge in [0.15, 0.2) is 0 Å². The van der Waals surface area contributed by atoms with Crippen molar-refractivity contribution < 1.29 is 14.6 Å². The van der Waals surface area contributed by atoms with E-state index in [1.165, 1.54) is 6.33 Å². The average Bonchev–Trinajstić information content (AvgIpc) is 2.58. The Bertz CT molecular complexity index is 550. The number of nitrogens with zero attached hydrogens (tertiary/aromatic N) is 2. The van der Waals surface area contributed by atoms with Crippen LogP contribution in [0.4, 0.5) is 0 Å². The zero-order valence-corrected chi connectivity index (χ0v) is 9.67. The lowest BCUT2D eigenvalue weighted by atomic mass is 10.2. The summed E-state index contributed by atoms with van der Waals surface area (Å²) in [7, 11) is 0. The predicted octanol–water partition coefficient (Wildman–Crippen LogP) is 2.10. The van der Waals surface area contributed by atoms with Crippen LogP contribution in [0.3, 0.4) is 0 Å². The first-order valence-electron chi connectivity index (χ1n) is 4.75. The van der Waals surface area contributed by atoms with Crippen molar-refractivity contribution in [2.75, 3.05) is 6.61 Å². The summed E-state index contributed by atoms with van der Waals surface area (Å²) in [6.07, 6.45) is 1.38. The van der Waals surface area contributed by atoms with E-state index >= 15 is 0 Å². The number of ether oxygens (including phenoxy) is 1. The molecule has 0 bridgehead atoms. The Hall–Kier alpha value is -1.69. The molecule has 2 rings (SSSR count). The second kappa shape index (κ2) is 4.05. The number of aryl methyl sites for hydroxylation is 1. The van der Waals surface area contributed by atoms with E-state index < -0.39 is 5.97 Å². The smallest absolute Gasteiger partial charge is 0.346 e. The van der Waals surface area contributed by atoms with Crippen LogP contribution in [0.25, 0.3) is 10.2 Å². The third-order valence-electron chi connectivity index (χ3n) is 2.17. The van der Waals surface area contributed by atoms with Crippen LogP contribution < -0.4 is 4.74 Å². The molecule has 0 unspecified atom stereocenters. The monoisotopic (exact) mass is 238 g/mol. The fraction of sp³-hybridized carbons (Fsp3) is 0.300. The summed E-state index contributed by atoms with van der Waals surface area (Å²) >= 11 is 1.14. The first-order valence-corrected chi connectivity index (χ1v) is 5.57. The largest absolute Gasteiger partial charge is 0.477 e. The highest BCUT2D eigenvalue weighted by molar-refractivity contribution is 7.20. The van der Waals surface area contributed by atoms with Crippen LogP contribution in [-0.2, 0) is 0 Å². The summed E-state index contributed by atoms with van der Waals surface area (Å²) < 4.78 is 5.36. The molecule has 6 heteroatoms. The molecule has 1 N–H and O–H groups in total. The number of carboxylic acid groups (broad SMARTS) is 1. The molecule has 0 aliphatic rings. The summed E-state index contributed by atoms with van der Waals surface area (Å²) in [5.41, 5.74) is 0.663. The topological polar surface area (TPSA) is 72.3 Å². The highest BCUT2D eigenvalue weighted by Crippen LogP contribution is 2.34. The maximum atomic E-state index is 11.0. The van der Waals surface area contributed by atoms with Gasteiger partial charge in [0.1, 0.15) is 16.0 Å². The highest BCUT2D eigenvalue weighted by atomic mass is 32.1. The zero-order chi connectivity index (χ0) is 11.7. The number of carbonyl (C=O) groups is 1. The van der Waals surface area contributed by atoms with Crippen molar-refractivity contribution in [1.29, 1.82) is 0 Å². The summed E-state index contributed by atoms with van der Waals surface area (Å²) in [4.78, 5) is 20.0. The number of thiophene rings is 1. The van der Waals surface area contributed by atoms with E-state index in [0.717, 1.165) is 11.3 Å². The van der Waals surface area contributed by atoms with Crippen LogP contribution in [-0.4, -0.2) is 27.7 Å². The standard InChI is InChI=1S/C10H10N2O3S/c1-3-15-8-6-5(2)7(10(13)14)16-9(6)12-4-11-8/h4H,3H2,1-2H3,(H,13,14). The molecule has 0 amide bonds. The highest BCUT2D eigenvalue weighted by Gasteiger charge is 2.18. The van der Waals surface area contributed by atoms with Crippen molar-refractivity contribution >= 4 is 27.5 Å². The molecular formula is C10H10N2O3S. The van der Waals surface area contributed by atoms with Crippen LogP contribution in [0.5, 0.6) is 5.88 Å². The molecule has 2 heterocycles. The summed E-state index contributed by atoms with van der Waals surface area (Å²) in [5.74, 6) is -0.489. The van der Waals surface area contributed by atoms with E-state index in [4.69, 9.17) is 9.84 Å². The fourth-order valence-corrected chi connectivity index (χ4v) is 2.47. The average molecular weight is 238 g/mol. The molecule has 84 valence electrons. The van der Waals surface area contributed by atoms with Gasteiger partial charge in [0, 0.05) is 0 Å². The third kappa shape index (κ3) is 1.61. The second-order valence-corrected chi connectivity index (χ2v) is 4.15. The van der Waals surface area contributed by atoms with Gasteiger partial charge in [-0.2, -0.15) is 0 Å². The van der Waals surface area contributed by atoms with Crippen molar-refractivity contribution in [2.24, 2.45) is 0 Å². The van der Waals surface area contributed by atoms with Gasteiger partial charge < -0.3 is 9.84 Å². The number of rotatable bonds is 3. The van der Waals surface area contributed by atoms with Crippen LogP contribution in [0.1, 0.15) is 22.2 Å². The van der Waals surface area contributed by atoms with Gasteiger partial charge in [-0.05, 0) is 19.4 Å². The predicted molar refractivity (Wildman–Crippen MR) is 60.3 cm³/mol. The Labute approximate surface area is 95.7 Å². The van der Waals surface area contributed by atoms with Crippen molar-refractivity contribution in [3.63, 3.8) is 0 Å². The lowest BCUT2D eigenvalue weighted by Crippen LogP contribution is -1.97. The SMILES string of the molecule is CCOc1ncnc2sc(C(=O)O)c(C)c12. The van der Waals surface area contributed by atoms with Gasteiger partial charge in [0.2, 0.25) is 5.88 Å². The van der Waals surface area contributed by atoms with Crippen LogP contribution in [0, 0.1) is 6.92 Å². The Morgan fingerprint density at radius 2 is 2.31 bits per heavy atom. The van der Waals surface area contributed by atoms with E-state index in [1.807, 2.05) is 6.92 Å². The molecule has 0 aromatic carbocycles. The van der Waals surface area contributed by atoms with E-state index in [1.54, 1.807) is 6.92 Å². The lowest BCUT2D eigenvalue weighted by Gasteiger charge is -2.02. The van der Waals surface area contributed by atoms with Gasteiger partial charge in [-0.1, -0.05) is 0 Å². The van der Waals surface area contributed by atoms with Gasteiger partial charge in [-0.3, -0.25) is 0 Å². The van der Waals surface area contributed by atoms with Crippen molar-refractivity contribution in [2.45, 2.75) is 13.8 Å². The lowest BCUT2D eigenvalue weighted by molar-refractivity contribution is 0.0701. The maximum absolute atomic E-state index is 11.0. The zero-order valence-electron chi connectivity index (χ0n) is 8.85. The number of carboxylic acids is 1. The first-order chi connectivity index (χ1) is 7.65. The molecule has 0 aliphatic carbocycles. The first kappa shape index (κ1) is 10.8. The van der Waals surface area contributed by atoms with Crippen molar-refractivity contribution in [3.8, 4) is 5.88 Å². The van der Waals surface area contributed by atoms with Gasteiger partial charge >= 0.3 is 5.97 Å². The fourth-order valence-electron chi connectivity index (χ4n) is 1.49. The molecule has 2 aromatic heterocycles. The molecule has 0 radical (unpaired) electrons. The number of fused-ring (bicyclic) bond motifs is 1. The summed E-state index contributed by atoms with van der Waals surface area (Å²) in [6.45, 7) is 4.09. The Balaban J connectivity index is 2.71. The van der Waals surface area contributed by atoms with E-state index in [0.29, 0.717) is 28.3 Å². The summed E-state index contributed by atoms with van der Waals surface area (Å²) in [6, 6.07) is 0. The normalized spacial score (nSPS) is 10.6. The number of aromatic carboxylic acids is 1. The van der Waals surface area contributed by atoms with E-state index in [9.17, 15) is 4.79 Å². The molecular weight excluding hydrogens is 228 g/mol. The summed E-state index contributed by atoms with van der Waals surface area (Å²) in [5, 5.41) is 9.71. The molecule has 0 spiro atoms. The van der Waals surface area contributed by atoms with E-state index in [-0.39, 0.29) is 4.88 Å². The third-order valence-corrected chi connectivity index (χ3v) is 3.36. The Morgan fingerprint density at radius 1 is 1.56 bits per heavy atom. The van der Waals surface area contributed by atoms with Gasteiger partial charge in [0.25, 0.3) is 0 Å². The minimum absolute atomic E-state index is 0.288. The minimum Gasteiger partial charge on any atom is -0.477 e. The van der Waals surface area contributed by atoms with E-state index in [2.05, 4.69) is 9.97 Å². The Kier molecular flexibility index (Phi) is 2.74. The molecule has 2 aromatic rings. The maximum Gasteiger partial charge on any atom is 0.346 e. The van der Waals surface area contributed by atoms with Gasteiger partial charge in [-0.15, -0.1) is 11.3 Å². The minimum atomic E-state index is -0.942. The number of hydrogen-bond acceptors (Lipinski definition) is 5. The van der Waals surface area contributed by atoms with Crippen LogP contribution in [0.2, 0.25) is 0 Å². The second-order valence-electron chi connectivity index (χ2n) is 3.15. The van der Waals surface area contributed by atoms with Crippen molar-refractivity contribution in [3.05, 3.63) is 16.8 Å². The molecule has 0 saturated heterocycles. The van der Waals surface area contributed by atoms with Crippen molar-refractivity contribution in [1.82, 2.24) is 9.97 Å². The molecule has 16 heavy (non-hydrogen) atoms. The van der Waals surface area contributed by atoms with Gasteiger partial charge in [0.05, 0.1) is 12.0 Å². The molecule has 5 nitrogen and oxygen atoms in total. The quantitative estimate of drug-likeness (QED) is 0.886.